The fourth-order valence-corrected chi connectivity index (χ4v) is 8.49. The number of rotatable bonds is 8. The van der Waals surface area contributed by atoms with Gasteiger partial charge >= 0.3 is 18.2 Å². The molecule has 320 valence electrons. The van der Waals surface area contributed by atoms with Crippen LogP contribution in [0.15, 0.2) is 31.0 Å². The highest BCUT2D eigenvalue weighted by molar-refractivity contribution is 6.08. The van der Waals surface area contributed by atoms with Crippen molar-refractivity contribution >= 4 is 29.7 Å². The summed E-state index contributed by atoms with van der Waals surface area (Å²) in [4.78, 5) is 83.5. The maximum atomic E-state index is 16.9. The number of alkyl halides is 1. The first-order valence-corrected chi connectivity index (χ1v) is 19.5. The second-order valence-corrected chi connectivity index (χ2v) is 16.5. The molecule has 3 saturated heterocycles. The highest BCUT2D eigenvalue weighted by Gasteiger charge is 2.60. The zero-order valence-electron chi connectivity index (χ0n) is 34.6. The lowest BCUT2D eigenvalue weighted by Gasteiger charge is -2.47. The Hall–Kier alpha value is -4.59. The number of halogens is 1. The van der Waals surface area contributed by atoms with E-state index in [1.165, 1.54) is 27.1 Å². The van der Waals surface area contributed by atoms with Crippen LogP contribution < -0.4 is 10.6 Å². The first-order valence-electron chi connectivity index (χ1n) is 19.5. The molecule has 0 radical (unpaired) electrons. The summed E-state index contributed by atoms with van der Waals surface area (Å²) in [7, 11) is 3.54. The van der Waals surface area contributed by atoms with Crippen LogP contribution in [-0.2, 0) is 44.6 Å². The van der Waals surface area contributed by atoms with Gasteiger partial charge in [0.15, 0.2) is 17.7 Å². The predicted molar refractivity (Wildman–Crippen MR) is 202 cm³/mol. The van der Waals surface area contributed by atoms with Gasteiger partial charge in [-0.05, 0) is 67.1 Å². The number of Topliss-reactive ketones (excluding diaryl/α,β-unsaturated/α-hetero) is 2. The number of ether oxygens (including phenoxy) is 5. The number of likely N-dealkylation sites (N-methyl/N-ethyl adjacent to an activating group) is 1. The van der Waals surface area contributed by atoms with Crippen LogP contribution in [0.5, 0.6) is 0 Å². The zero-order valence-corrected chi connectivity index (χ0v) is 34.6. The van der Waals surface area contributed by atoms with E-state index in [-0.39, 0.29) is 19.4 Å². The average molecular weight is 818 g/mol. The lowest BCUT2D eigenvalue weighted by atomic mass is 9.73. The van der Waals surface area contributed by atoms with Crippen molar-refractivity contribution in [3.05, 3.63) is 36.7 Å². The first-order chi connectivity index (χ1) is 27.1. The molecule has 5 rings (SSSR count). The van der Waals surface area contributed by atoms with E-state index in [0.717, 1.165) is 6.92 Å². The molecule has 3 N–H and O–H groups in total. The fraction of sp³-hybridized carbons (Fsp3) is 0.692. The Bertz CT molecular complexity index is 1830. The summed E-state index contributed by atoms with van der Waals surface area (Å²) in [6.07, 6.45) is -1.61. The molecule has 0 unspecified atom stereocenters. The summed E-state index contributed by atoms with van der Waals surface area (Å²) in [5.41, 5.74) is -6.50. The van der Waals surface area contributed by atoms with Crippen molar-refractivity contribution in [3.63, 3.8) is 0 Å². The average Bonchev–Trinajstić information content (AvgIpc) is 3.78. The van der Waals surface area contributed by atoms with E-state index in [9.17, 15) is 29.1 Å². The number of imidazole rings is 1. The number of aliphatic hydroxyl groups is 1. The van der Waals surface area contributed by atoms with Gasteiger partial charge in [-0.15, -0.1) is 0 Å². The maximum absolute atomic E-state index is 16.9. The number of alkyl carbamates (subject to hydrolysis) is 2. The van der Waals surface area contributed by atoms with Gasteiger partial charge in [0.25, 0.3) is 5.67 Å². The van der Waals surface area contributed by atoms with E-state index < -0.39 is 107 Å². The summed E-state index contributed by atoms with van der Waals surface area (Å²) >= 11 is 0. The number of aromatic nitrogens is 4. The Balaban J connectivity index is 1.56. The minimum atomic E-state index is -3.30. The molecule has 2 aromatic rings. The molecule has 5 heterocycles. The third kappa shape index (κ3) is 9.01. The van der Waals surface area contributed by atoms with E-state index in [2.05, 4.69) is 25.6 Å². The van der Waals surface area contributed by atoms with Crippen molar-refractivity contribution < 1.29 is 57.2 Å². The molecule has 3 aliphatic heterocycles. The van der Waals surface area contributed by atoms with Gasteiger partial charge in [0, 0.05) is 42.4 Å². The van der Waals surface area contributed by atoms with E-state index in [1.807, 2.05) is 0 Å². The molecule has 3 fully saturated rings. The van der Waals surface area contributed by atoms with Gasteiger partial charge in [-0.3, -0.25) is 14.2 Å². The molecular weight excluding hydrogens is 761 g/mol. The summed E-state index contributed by atoms with van der Waals surface area (Å²) in [6.45, 7) is 11.4. The predicted octanol–water partition coefficient (Wildman–Crippen LogP) is 2.83. The topological polar surface area (TPSA) is 223 Å². The number of amides is 2. The minimum Gasteiger partial charge on any atom is -0.455 e. The summed E-state index contributed by atoms with van der Waals surface area (Å²) in [6, 6.07) is 0.143. The van der Waals surface area contributed by atoms with Crippen molar-refractivity contribution in [3.8, 4) is 5.95 Å². The third-order valence-electron chi connectivity index (χ3n) is 11.6. The van der Waals surface area contributed by atoms with Crippen molar-refractivity contribution in [2.45, 2.75) is 141 Å². The van der Waals surface area contributed by atoms with Crippen LogP contribution in [0.25, 0.3) is 5.95 Å². The van der Waals surface area contributed by atoms with Crippen LogP contribution in [-0.4, -0.2) is 133 Å². The summed E-state index contributed by atoms with van der Waals surface area (Å²) in [5.74, 6) is -6.42. The van der Waals surface area contributed by atoms with Gasteiger partial charge < -0.3 is 44.3 Å². The largest absolute Gasteiger partial charge is 0.455 e. The van der Waals surface area contributed by atoms with Crippen LogP contribution >= 0.6 is 0 Å². The number of carbonyl (C=O) groups is 5. The number of nitrogens with one attached hydrogen (secondary N) is 2. The molecule has 0 spiro atoms. The van der Waals surface area contributed by atoms with Gasteiger partial charge in [0.2, 0.25) is 5.95 Å². The standard InChI is InChI=1S/C39H56FN7O11/c1-11-26-39(8)29(45-36(53)58-39)22(4)27(48)20(2)16-37(6,57-35(52)43-17-24-18-47(19-44-24)34-41-13-12-14-42-34)31(23(5)30(50)38(7,40)33(51)55-26)56-32-28(49)25(46(9)10)15-21(3)54-32/h12-14,18-23,25-26,28-29,31-32,49H,11,15-17H2,1-10H3,(H,43,52)(H,45,53)/t20-,21-,22+,23+,25+,26-,28-,29-,31-,32+,37-,38+,39-/m1/s1. The molecular formula is C39H56FN7O11. The Labute approximate surface area is 336 Å². The van der Waals surface area contributed by atoms with Gasteiger partial charge in [-0.1, -0.05) is 27.7 Å². The van der Waals surface area contributed by atoms with E-state index in [1.54, 1.807) is 75.9 Å². The van der Waals surface area contributed by atoms with Gasteiger partial charge in [-0.25, -0.2) is 33.7 Å². The lowest BCUT2D eigenvalue weighted by Crippen LogP contribution is -2.62. The number of aliphatic hydroxyl groups excluding tert-OH is 1. The molecule has 3 aliphatic rings. The number of fused-ring (bicyclic) bond motifs is 1. The van der Waals surface area contributed by atoms with E-state index in [4.69, 9.17) is 23.7 Å². The van der Waals surface area contributed by atoms with Crippen LogP contribution in [0, 0.1) is 17.8 Å². The molecule has 13 atom stereocenters. The molecule has 0 bridgehead atoms. The number of esters is 1. The quantitative estimate of drug-likeness (QED) is 0.198. The molecule has 0 aliphatic carbocycles. The first kappa shape index (κ1) is 44.5. The normalized spacial score (nSPS) is 37.6. The molecule has 18 nitrogen and oxygen atoms in total. The van der Waals surface area contributed by atoms with Crippen LogP contribution in [0.1, 0.15) is 80.3 Å². The van der Waals surface area contributed by atoms with E-state index in [0.29, 0.717) is 18.1 Å². The monoisotopic (exact) mass is 817 g/mol. The molecule has 58 heavy (non-hydrogen) atoms. The molecule has 19 heteroatoms. The SMILES string of the molecule is CC[C@H]1OC(=O)[C@@](C)(F)C(=O)[C@H](C)[C@@H](O[C@@H]2O[C@H](C)C[C@H](N(C)C)[C@H]2O)[C@](C)(OC(=O)NCc2cn(-c3ncccn3)cn2)C[C@@H](C)C(=O)[C@H](C)[C@H]2NC(=O)O[C@@]21C. The lowest BCUT2D eigenvalue weighted by molar-refractivity contribution is -0.292. The summed E-state index contributed by atoms with van der Waals surface area (Å²) in [5, 5.41) is 16.8. The molecule has 2 aromatic heterocycles. The smallest absolute Gasteiger partial charge is 0.408 e. The molecule has 0 saturated carbocycles. The number of cyclic esters (lactones) is 1. The second kappa shape index (κ2) is 17.3. The maximum Gasteiger partial charge on any atom is 0.408 e. The van der Waals surface area contributed by atoms with Crippen molar-refractivity contribution in [2.75, 3.05) is 14.1 Å². The van der Waals surface area contributed by atoms with Gasteiger partial charge in [0.05, 0.1) is 24.4 Å². The Morgan fingerprint density at radius 1 is 1.09 bits per heavy atom. The Morgan fingerprint density at radius 2 is 1.76 bits per heavy atom. The Kier molecular flexibility index (Phi) is 13.3. The number of carbonyl (C=O) groups excluding carboxylic acids is 5. The highest BCUT2D eigenvalue weighted by Crippen LogP contribution is 2.41. The molecule has 2 amide bonds. The van der Waals surface area contributed by atoms with Crippen molar-refractivity contribution in [1.82, 2.24) is 35.1 Å². The third-order valence-corrected chi connectivity index (χ3v) is 11.6. The highest BCUT2D eigenvalue weighted by atomic mass is 19.1. The number of ketones is 2. The van der Waals surface area contributed by atoms with Crippen LogP contribution in [0.2, 0.25) is 0 Å². The number of hydrogen-bond donors (Lipinski definition) is 3. The Morgan fingerprint density at radius 3 is 2.40 bits per heavy atom. The second-order valence-electron chi connectivity index (χ2n) is 16.5. The number of nitrogens with zero attached hydrogens (tertiary/aromatic N) is 5. The number of hydrogen-bond acceptors (Lipinski definition) is 15. The fourth-order valence-electron chi connectivity index (χ4n) is 8.49. The van der Waals surface area contributed by atoms with Crippen LogP contribution in [0.3, 0.4) is 0 Å². The van der Waals surface area contributed by atoms with Gasteiger partial charge in [-0.2, -0.15) is 0 Å². The minimum absolute atomic E-state index is 0.0408. The van der Waals surface area contributed by atoms with E-state index >= 15 is 4.39 Å². The van der Waals surface area contributed by atoms with Gasteiger partial charge in [0.1, 0.15) is 36.0 Å². The van der Waals surface area contributed by atoms with Crippen molar-refractivity contribution in [2.24, 2.45) is 17.8 Å². The zero-order chi connectivity index (χ0) is 42.9. The summed E-state index contributed by atoms with van der Waals surface area (Å²) < 4.78 is 48.4. The van der Waals surface area contributed by atoms with Crippen molar-refractivity contribution in [1.29, 1.82) is 0 Å². The van der Waals surface area contributed by atoms with Crippen LogP contribution in [0.4, 0.5) is 14.0 Å². The molecule has 0 aromatic carbocycles.